The van der Waals surface area contributed by atoms with E-state index >= 15 is 0 Å². The van der Waals surface area contributed by atoms with E-state index in [0.717, 1.165) is 12.5 Å². The van der Waals surface area contributed by atoms with E-state index in [1.807, 2.05) is 0 Å². The molecule has 0 amide bonds. The first-order chi connectivity index (χ1) is 9.69. The van der Waals surface area contributed by atoms with Gasteiger partial charge in [0.15, 0.2) is 0 Å². The summed E-state index contributed by atoms with van der Waals surface area (Å²) in [5, 5.41) is 3.80. The van der Waals surface area contributed by atoms with E-state index < -0.39 is 0 Å². The van der Waals surface area contributed by atoms with Crippen LogP contribution in [0.15, 0.2) is 30.3 Å². The first kappa shape index (κ1) is 17.2. The van der Waals surface area contributed by atoms with Crippen LogP contribution in [0.4, 0.5) is 0 Å². The molecule has 3 atom stereocenters. The molecular formula is C19H33N. The van der Waals surface area contributed by atoms with Gasteiger partial charge >= 0.3 is 0 Å². The molecule has 0 saturated carbocycles. The quantitative estimate of drug-likeness (QED) is 0.650. The predicted molar refractivity (Wildman–Crippen MR) is 90.2 cm³/mol. The molecule has 1 heteroatoms. The van der Waals surface area contributed by atoms with E-state index in [9.17, 15) is 0 Å². The summed E-state index contributed by atoms with van der Waals surface area (Å²) in [7, 11) is 0. The first-order valence-electron chi connectivity index (χ1n) is 8.47. The highest BCUT2D eigenvalue weighted by Crippen LogP contribution is 2.35. The zero-order valence-electron chi connectivity index (χ0n) is 14.0. The van der Waals surface area contributed by atoms with Gasteiger partial charge in [-0.05, 0) is 23.9 Å². The minimum absolute atomic E-state index is 0.590. The molecule has 0 fully saturated rings. The van der Waals surface area contributed by atoms with Crippen LogP contribution in [0.5, 0.6) is 0 Å². The van der Waals surface area contributed by atoms with Crippen molar-refractivity contribution in [1.82, 2.24) is 5.32 Å². The highest BCUT2D eigenvalue weighted by Gasteiger charge is 2.31. The highest BCUT2D eigenvalue weighted by molar-refractivity contribution is 5.22. The molecule has 1 nitrogen and oxygen atoms in total. The van der Waals surface area contributed by atoms with Crippen molar-refractivity contribution in [3.8, 4) is 0 Å². The van der Waals surface area contributed by atoms with Crippen LogP contribution < -0.4 is 5.32 Å². The molecule has 0 radical (unpaired) electrons. The molecule has 20 heavy (non-hydrogen) atoms. The largest absolute Gasteiger partial charge is 0.313 e. The van der Waals surface area contributed by atoms with Crippen LogP contribution in [0.25, 0.3) is 0 Å². The van der Waals surface area contributed by atoms with Crippen LogP contribution in [0.2, 0.25) is 0 Å². The van der Waals surface area contributed by atoms with Crippen LogP contribution in [0.1, 0.15) is 65.4 Å². The lowest BCUT2D eigenvalue weighted by Crippen LogP contribution is -2.43. The fourth-order valence-corrected chi connectivity index (χ4v) is 3.44. The number of likely N-dealkylation sites (N-methyl/N-ethyl adjacent to an activating group) is 1. The van der Waals surface area contributed by atoms with Crippen molar-refractivity contribution in [2.45, 2.75) is 65.8 Å². The highest BCUT2D eigenvalue weighted by atomic mass is 14.9. The summed E-state index contributed by atoms with van der Waals surface area (Å²) in [6.07, 6.45) is 3.75. The van der Waals surface area contributed by atoms with E-state index in [-0.39, 0.29) is 0 Å². The summed E-state index contributed by atoms with van der Waals surface area (Å²) >= 11 is 0. The van der Waals surface area contributed by atoms with Crippen LogP contribution in [0, 0.1) is 11.8 Å². The SMILES string of the molecule is CCNC(C(CC)CC)C(c1ccccc1)C(C)CC. The van der Waals surface area contributed by atoms with E-state index in [4.69, 9.17) is 0 Å². The van der Waals surface area contributed by atoms with Crippen molar-refractivity contribution in [3.63, 3.8) is 0 Å². The van der Waals surface area contributed by atoms with Gasteiger partial charge in [0.2, 0.25) is 0 Å². The first-order valence-corrected chi connectivity index (χ1v) is 8.47. The lowest BCUT2D eigenvalue weighted by Gasteiger charge is -2.37. The minimum Gasteiger partial charge on any atom is -0.313 e. The standard InChI is InChI=1S/C19H33N/c1-6-15(5)18(17-13-11-10-12-14-17)19(20-9-4)16(7-2)8-3/h10-16,18-20H,6-9H2,1-5H3. The summed E-state index contributed by atoms with van der Waals surface area (Å²) in [6.45, 7) is 12.7. The van der Waals surface area contributed by atoms with Crippen LogP contribution >= 0.6 is 0 Å². The average molecular weight is 275 g/mol. The van der Waals surface area contributed by atoms with Gasteiger partial charge in [0, 0.05) is 12.0 Å². The molecular weight excluding hydrogens is 242 g/mol. The molecule has 0 aliphatic carbocycles. The van der Waals surface area contributed by atoms with Gasteiger partial charge in [0.25, 0.3) is 0 Å². The van der Waals surface area contributed by atoms with E-state index in [2.05, 4.69) is 70.3 Å². The van der Waals surface area contributed by atoms with Crippen molar-refractivity contribution in [3.05, 3.63) is 35.9 Å². The third-order valence-corrected chi connectivity index (χ3v) is 4.82. The summed E-state index contributed by atoms with van der Waals surface area (Å²) in [5.74, 6) is 2.09. The van der Waals surface area contributed by atoms with Gasteiger partial charge in [-0.25, -0.2) is 0 Å². The Labute approximate surface area is 126 Å². The molecule has 1 rings (SSSR count). The van der Waals surface area contributed by atoms with Gasteiger partial charge in [-0.15, -0.1) is 0 Å². The Morgan fingerprint density at radius 3 is 1.95 bits per heavy atom. The number of hydrogen-bond donors (Lipinski definition) is 1. The Kier molecular flexibility index (Phi) is 7.91. The number of rotatable bonds is 9. The van der Waals surface area contributed by atoms with Gasteiger partial charge in [0.1, 0.15) is 0 Å². The van der Waals surface area contributed by atoms with Crippen LogP contribution in [-0.2, 0) is 0 Å². The summed E-state index contributed by atoms with van der Waals surface area (Å²) in [4.78, 5) is 0. The van der Waals surface area contributed by atoms with E-state index in [0.29, 0.717) is 17.9 Å². The second kappa shape index (κ2) is 9.18. The Morgan fingerprint density at radius 2 is 1.50 bits per heavy atom. The Bertz CT molecular complexity index is 342. The molecule has 0 heterocycles. The third kappa shape index (κ3) is 4.34. The summed E-state index contributed by atoms with van der Waals surface area (Å²) in [5.41, 5.74) is 1.50. The molecule has 0 spiro atoms. The van der Waals surface area contributed by atoms with Crippen molar-refractivity contribution in [2.75, 3.05) is 6.54 Å². The Balaban J connectivity index is 3.11. The Morgan fingerprint density at radius 1 is 0.900 bits per heavy atom. The number of nitrogens with one attached hydrogen (secondary N) is 1. The maximum atomic E-state index is 3.80. The lowest BCUT2D eigenvalue weighted by atomic mass is 9.74. The maximum Gasteiger partial charge on any atom is 0.0166 e. The molecule has 114 valence electrons. The molecule has 0 bridgehead atoms. The van der Waals surface area contributed by atoms with E-state index in [1.165, 1.54) is 24.8 Å². The fraction of sp³-hybridized carbons (Fsp3) is 0.684. The van der Waals surface area contributed by atoms with Gasteiger partial charge in [0.05, 0.1) is 0 Å². The Hall–Kier alpha value is -0.820. The number of benzene rings is 1. The molecule has 1 N–H and O–H groups in total. The topological polar surface area (TPSA) is 12.0 Å². The monoisotopic (exact) mass is 275 g/mol. The van der Waals surface area contributed by atoms with Crippen LogP contribution in [-0.4, -0.2) is 12.6 Å². The van der Waals surface area contributed by atoms with Crippen molar-refractivity contribution in [2.24, 2.45) is 11.8 Å². The van der Waals surface area contributed by atoms with Gasteiger partial charge in [-0.1, -0.05) is 84.2 Å². The summed E-state index contributed by atoms with van der Waals surface area (Å²) < 4.78 is 0. The van der Waals surface area contributed by atoms with Gasteiger partial charge in [-0.3, -0.25) is 0 Å². The molecule has 0 saturated heterocycles. The normalized spacial score (nSPS) is 16.1. The maximum absolute atomic E-state index is 3.80. The molecule has 0 aromatic heterocycles. The zero-order valence-corrected chi connectivity index (χ0v) is 14.0. The fourth-order valence-electron chi connectivity index (χ4n) is 3.44. The minimum atomic E-state index is 0.590. The zero-order chi connectivity index (χ0) is 15.0. The molecule has 0 aliphatic rings. The number of hydrogen-bond acceptors (Lipinski definition) is 1. The second-order valence-corrected chi connectivity index (χ2v) is 5.98. The molecule has 1 aromatic rings. The average Bonchev–Trinajstić information content (AvgIpc) is 2.49. The van der Waals surface area contributed by atoms with Crippen molar-refractivity contribution >= 4 is 0 Å². The predicted octanol–water partition coefficient (Wildman–Crippen LogP) is 5.23. The van der Waals surface area contributed by atoms with Crippen LogP contribution in [0.3, 0.4) is 0 Å². The van der Waals surface area contributed by atoms with Gasteiger partial charge in [-0.2, -0.15) is 0 Å². The smallest absolute Gasteiger partial charge is 0.0166 e. The lowest BCUT2D eigenvalue weighted by molar-refractivity contribution is 0.246. The molecule has 3 unspecified atom stereocenters. The molecule has 0 aliphatic heterocycles. The van der Waals surface area contributed by atoms with Crippen molar-refractivity contribution in [1.29, 1.82) is 0 Å². The van der Waals surface area contributed by atoms with Gasteiger partial charge < -0.3 is 5.32 Å². The van der Waals surface area contributed by atoms with Crippen molar-refractivity contribution < 1.29 is 0 Å². The molecule has 1 aromatic carbocycles. The second-order valence-electron chi connectivity index (χ2n) is 5.98. The third-order valence-electron chi connectivity index (χ3n) is 4.82. The van der Waals surface area contributed by atoms with E-state index in [1.54, 1.807) is 0 Å². The summed E-state index contributed by atoms with van der Waals surface area (Å²) in [6, 6.07) is 11.7.